The number of halogens is 1. The molecule has 2 rings (SSSR count). The van der Waals surface area contributed by atoms with Crippen LogP contribution < -0.4 is 10.6 Å². The summed E-state index contributed by atoms with van der Waals surface area (Å²) in [5, 5.41) is 5.81. The van der Waals surface area contributed by atoms with Gasteiger partial charge in [-0.15, -0.1) is 0 Å². The molecule has 0 saturated carbocycles. The maximum Gasteiger partial charge on any atom is 0.313 e. The fourth-order valence-electron chi connectivity index (χ4n) is 2.25. The minimum Gasteiger partial charge on any atom is -0.345 e. The Hall–Kier alpha value is -2.33. The van der Waals surface area contributed by atoms with Gasteiger partial charge in [-0.25, -0.2) is 0 Å². The molecule has 0 heterocycles. The molecule has 1 atom stereocenters. The number of carbonyl (C=O) groups is 2. The molecule has 2 aromatic rings. The highest BCUT2D eigenvalue weighted by atomic mass is 35.5. The molecule has 24 heavy (non-hydrogen) atoms. The number of benzene rings is 2. The van der Waals surface area contributed by atoms with Crippen molar-refractivity contribution in [2.45, 2.75) is 32.7 Å². The molecule has 0 radical (unpaired) electrons. The van der Waals surface area contributed by atoms with Crippen molar-refractivity contribution >= 4 is 29.1 Å². The van der Waals surface area contributed by atoms with Crippen LogP contribution >= 0.6 is 11.6 Å². The van der Waals surface area contributed by atoms with Gasteiger partial charge in [0.05, 0.1) is 0 Å². The maximum absolute atomic E-state index is 12.0. The molecule has 2 N–H and O–H groups in total. The van der Waals surface area contributed by atoms with Crippen LogP contribution in [0.2, 0.25) is 5.02 Å². The van der Waals surface area contributed by atoms with Crippen molar-refractivity contribution in [3.05, 3.63) is 64.7 Å². The van der Waals surface area contributed by atoms with E-state index < -0.39 is 11.8 Å². The minimum absolute atomic E-state index is 0.0925. The normalized spacial score (nSPS) is 11.6. The Morgan fingerprint density at radius 3 is 2.46 bits per heavy atom. The van der Waals surface area contributed by atoms with Crippen molar-refractivity contribution in [3.8, 4) is 0 Å². The summed E-state index contributed by atoms with van der Waals surface area (Å²) in [5.74, 6) is -1.34. The van der Waals surface area contributed by atoms with E-state index in [9.17, 15) is 9.59 Å². The van der Waals surface area contributed by atoms with Crippen LogP contribution in [0.3, 0.4) is 0 Å². The summed E-state index contributed by atoms with van der Waals surface area (Å²) in [7, 11) is 0. The zero-order chi connectivity index (χ0) is 17.5. The van der Waals surface area contributed by atoms with E-state index in [-0.39, 0.29) is 6.04 Å². The number of hydrogen-bond donors (Lipinski definition) is 2. The third kappa shape index (κ3) is 5.39. The SMILES string of the molecule is Cc1ccc(NC(=O)C(=O)NC(C)CCc2ccccc2)cc1Cl. The van der Waals surface area contributed by atoms with Crippen LogP contribution in [0.25, 0.3) is 0 Å². The zero-order valence-electron chi connectivity index (χ0n) is 13.8. The average molecular weight is 345 g/mol. The van der Waals surface area contributed by atoms with Crippen molar-refractivity contribution in [3.63, 3.8) is 0 Å². The summed E-state index contributed by atoms with van der Waals surface area (Å²) in [5.41, 5.74) is 2.62. The highest BCUT2D eigenvalue weighted by Gasteiger charge is 2.16. The van der Waals surface area contributed by atoms with Crippen LogP contribution in [0.4, 0.5) is 5.69 Å². The van der Waals surface area contributed by atoms with Gasteiger partial charge < -0.3 is 10.6 Å². The molecule has 2 aromatic carbocycles. The van der Waals surface area contributed by atoms with Crippen LogP contribution in [-0.4, -0.2) is 17.9 Å². The van der Waals surface area contributed by atoms with Gasteiger partial charge in [0, 0.05) is 16.8 Å². The second kappa shape index (κ2) is 8.50. The Morgan fingerprint density at radius 1 is 1.08 bits per heavy atom. The monoisotopic (exact) mass is 344 g/mol. The van der Waals surface area contributed by atoms with E-state index in [2.05, 4.69) is 10.6 Å². The Morgan fingerprint density at radius 2 is 1.79 bits per heavy atom. The molecule has 0 spiro atoms. The van der Waals surface area contributed by atoms with Crippen LogP contribution in [-0.2, 0) is 16.0 Å². The number of rotatable bonds is 5. The summed E-state index contributed by atoms with van der Waals surface area (Å²) in [4.78, 5) is 23.9. The first-order valence-electron chi connectivity index (χ1n) is 7.87. The molecular formula is C19H21ClN2O2. The Labute approximate surface area is 147 Å². The number of hydrogen-bond acceptors (Lipinski definition) is 2. The number of anilines is 1. The van der Waals surface area contributed by atoms with E-state index in [4.69, 9.17) is 11.6 Å². The molecule has 126 valence electrons. The Kier molecular flexibility index (Phi) is 6.38. The van der Waals surface area contributed by atoms with Crippen LogP contribution in [0, 0.1) is 6.92 Å². The van der Waals surface area contributed by atoms with E-state index >= 15 is 0 Å². The molecule has 0 aliphatic carbocycles. The molecule has 2 amide bonds. The third-order valence-corrected chi connectivity index (χ3v) is 4.13. The summed E-state index contributed by atoms with van der Waals surface area (Å²) >= 11 is 6.01. The molecule has 5 heteroatoms. The smallest absolute Gasteiger partial charge is 0.313 e. The van der Waals surface area contributed by atoms with E-state index in [0.29, 0.717) is 10.7 Å². The lowest BCUT2D eigenvalue weighted by Gasteiger charge is -2.14. The number of amides is 2. The van der Waals surface area contributed by atoms with Crippen molar-refractivity contribution < 1.29 is 9.59 Å². The highest BCUT2D eigenvalue weighted by molar-refractivity contribution is 6.40. The standard InChI is InChI=1S/C19H21ClN2O2/c1-13-8-11-16(12-17(13)20)22-19(24)18(23)21-14(2)9-10-15-6-4-3-5-7-15/h3-8,11-12,14H,9-10H2,1-2H3,(H,21,23)(H,22,24). The predicted molar refractivity (Wildman–Crippen MR) is 97.2 cm³/mol. The van der Waals surface area contributed by atoms with Gasteiger partial charge in [-0.05, 0) is 49.9 Å². The second-order valence-corrected chi connectivity index (χ2v) is 6.22. The van der Waals surface area contributed by atoms with Gasteiger partial charge in [-0.2, -0.15) is 0 Å². The van der Waals surface area contributed by atoms with Gasteiger partial charge in [0.25, 0.3) is 0 Å². The van der Waals surface area contributed by atoms with Crippen molar-refractivity contribution in [1.29, 1.82) is 0 Å². The Bertz CT molecular complexity index is 717. The quantitative estimate of drug-likeness (QED) is 0.812. The van der Waals surface area contributed by atoms with Gasteiger partial charge in [-0.1, -0.05) is 48.0 Å². The van der Waals surface area contributed by atoms with Crippen molar-refractivity contribution in [2.75, 3.05) is 5.32 Å². The second-order valence-electron chi connectivity index (χ2n) is 5.82. The number of carbonyl (C=O) groups excluding carboxylic acids is 2. The lowest BCUT2D eigenvalue weighted by molar-refractivity contribution is -0.136. The first-order valence-corrected chi connectivity index (χ1v) is 8.25. The maximum atomic E-state index is 12.0. The van der Waals surface area contributed by atoms with Crippen LogP contribution in [0.15, 0.2) is 48.5 Å². The van der Waals surface area contributed by atoms with E-state index in [1.54, 1.807) is 18.2 Å². The topological polar surface area (TPSA) is 58.2 Å². The summed E-state index contributed by atoms with van der Waals surface area (Å²) < 4.78 is 0. The fourth-order valence-corrected chi connectivity index (χ4v) is 2.43. The number of nitrogens with one attached hydrogen (secondary N) is 2. The van der Waals surface area contributed by atoms with E-state index in [1.165, 1.54) is 5.56 Å². The minimum atomic E-state index is -0.693. The van der Waals surface area contributed by atoms with Crippen LogP contribution in [0.5, 0.6) is 0 Å². The lowest BCUT2D eigenvalue weighted by atomic mass is 10.1. The Balaban J connectivity index is 1.82. The summed E-state index contributed by atoms with van der Waals surface area (Å²) in [6.45, 7) is 3.76. The van der Waals surface area contributed by atoms with Crippen molar-refractivity contribution in [1.82, 2.24) is 5.32 Å². The average Bonchev–Trinajstić information content (AvgIpc) is 2.57. The molecule has 0 aliphatic heterocycles. The lowest BCUT2D eigenvalue weighted by Crippen LogP contribution is -2.40. The van der Waals surface area contributed by atoms with Gasteiger partial charge in [0.2, 0.25) is 0 Å². The first-order chi connectivity index (χ1) is 11.5. The first kappa shape index (κ1) is 18.0. The summed E-state index contributed by atoms with van der Waals surface area (Å²) in [6.07, 6.45) is 1.61. The third-order valence-electron chi connectivity index (χ3n) is 3.72. The van der Waals surface area contributed by atoms with E-state index in [0.717, 1.165) is 18.4 Å². The predicted octanol–water partition coefficient (Wildman–Crippen LogP) is 3.72. The molecular weight excluding hydrogens is 324 g/mol. The van der Waals surface area contributed by atoms with Gasteiger partial charge >= 0.3 is 11.8 Å². The fraction of sp³-hybridized carbons (Fsp3) is 0.263. The molecule has 0 saturated heterocycles. The molecule has 4 nitrogen and oxygen atoms in total. The molecule has 0 fully saturated rings. The largest absolute Gasteiger partial charge is 0.345 e. The zero-order valence-corrected chi connectivity index (χ0v) is 14.6. The molecule has 0 aromatic heterocycles. The number of aryl methyl sites for hydroxylation is 2. The summed E-state index contributed by atoms with van der Waals surface area (Å²) in [6, 6.07) is 15.1. The van der Waals surface area contributed by atoms with E-state index in [1.807, 2.05) is 44.2 Å². The van der Waals surface area contributed by atoms with Crippen molar-refractivity contribution in [2.24, 2.45) is 0 Å². The van der Waals surface area contributed by atoms with Gasteiger partial charge in [-0.3, -0.25) is 9.59 Å². The molecule has 1 unspecified atom stereocenters. The molecule has 0 bridgehead atoms. The van der Waals surface area contributed by atoms with Gasteiger partial charge in [0.1, 0.15) is 0 Å². The van der Waals surface area contributed by atoms with Gasteiger partial charge in [0.15, 0.2) is 0 Å². The highest BCUT2D eigenvalue weighted by Crippen LogP contribution is 2.19. The molecule has 0 aliphatic rings. The van der Waals surface area contributed by atoms with Crippen LogP contribution in [0.1, 0.15) is 24.5 Å².